The van der Waals surface area contributed by atoms with E-state index < -0.39 is 0 Å². The van der Waals surface area contributed by atoms with Crippen molar-refractivity contribution in [1.82, 2.24) is 0 Å². The fourth-order valence-corrected chi connectivity index (χ4v) is 0. The van der Waals surface area contributed by atoms with Crippen molar-refractivity contribution in [1.29, 1.82) is 0 Å². The van der Waals surface area contributed by atoms with Crippen LogP contribution in [0.2, 0.25) is 0 Å². The molecule has 0 aromatic carbocycles. The average Bonchev–Trinajstić information content (AvgIpc) is 1.38. The molecule has 0 saturated carbocycles. The zero-order valence-electron chi connectivity index (χ0n) is 2.82. The maximum atomic E-state index is 5.12. The first-order valence-corrected chi connectivity index (χ1v) is 1.73. The lowest BCUT2D eigenvalue weighted by Gasteiger charge is -1.81. The number of hydrogen-bond donors (Lipinski definition) is 0. The van der Waals surface area contributed by atoms with Gasteiger partial charge in [0.05, 0.1) is 7.85 Å². The Morgan fingerprint density at radius 3 is 2.20 bits per heavy atom. The van der Waals surface area contributed by atoms with Gasteiger partial charge in [0.1, 0.15) is 0 Å². The third kappa shape index (κ3) is 4.09. The summed E-state index contributed by atoms with van der Waals surface area (Å²) in [6.45, 7) is 3.30. The molecule has 0 aliphatic rings. The Labute approximate surface area is 38.2 Å². The molecular formula is C3H4BCl. The number of halogens is 1. The Morgan fingerprint density at radius 2 is 2.20 bits per heavy atom. The van der Waals surface area contributed by atoms with Crippen molar-refractivity contribution in [2.75, 3.05) is 0 Å². The Bertz CT molecular complexity index is 33.9. The van der Waals surface area contributed by atoms with E-state index in [0.717, 1.165) is 0 Å². The van der Waals surface area contributed by atoms with Gasteiger partial charge in [0.25, 0.3) is 0 Å². The second kappa shape index (κ2) is 2.34. The van der Waals surface area contributed by atoms with E-state index in [0.29, 0.717) is 0 Å². The second-order valence-corrected chi connectivity index (χ2v) is 1.18. The van der Waals surface area contributed by atoms with Crippen LogP contribution in [0.5, 0.6) is 0 Å². The van der Waals surface area contributed by atoms with Crippen molar-refractivity contribution in [2.24, 2.45) is 0 Å². The van der Waals surface area contributed by atoms with Crippen LogP contribution in [0.25, 0.3) is 0 Å². The van der Waals surface area contributed by atoms with E-state index in [1.807, 2.05) is 0 Å². The summed E-state index contributed by atoms with van der Waals surface area (Å²) in [6.07, 6.45) is 1.46. The second-order valence-electron chi connectivity index (χ2n) is 0.680. The van der Waals surface area contributed by atoms with Gasteiger partial charge >= 0.3 is 0 Å². The normalized spacial score (nSPS) is 13.8. The third-order valence-electron chi connectivity index (χ3n) is 0.225. The lowest BCUT2D eigenvalue weighted by molar-refractivity contribution is 1.63. The van der Waals surface area contributed by atoms with Crippen LogP contribution >= 0.6 is 11.6 Å². The van der Waals surface area contributed by atoms with Gasteiger partial charge in [0.15, 0.2) is 0 Å². The smallest absolute Gasteiger partial charge is 0.0974 e. The molecule has 0 N–H and O–H groups in total. The molecule has 0 aliphatic heterocycles. The van der Waals surface area contributed by atoms with Crippen molar-refractivity contribution >= 4 is 19.4 Å². The number of allylic oxidation sites excluding steroid dienone is 1. The highest BCUT2D eigenvalue weighted by Crippen LogP contribution is 1.84. The average molecular weight is 86.3 g/mol. The summed E-state index contributed by atoms with van der Waals surface area (Å²) in [6, 6.07) is 0. The minimum absolute atomic E-state index is 0.380. The van der Waals surface area contributed by atoms with E-state index in [9.17, 15) is 0 Å². The molecule has 5 heavy (non-hydrogen) atoms. The van der Waals surface area contributed by atoms with Crippen LogP contribution in [0.15, 0.2) is 12.7 Å². The zero-order chi connectivity index (χ0) is 4.28. The summed E-state index contributed by atoms with van der Waals surface area (Å²) in [5.41, 5.74) is 0. The highest BCUT2D eigenvalue weighted by atomic mass is 35.5. The first kappa shape index (κ1) is 5.09. The third-order valence-corrected chi connectivity index (χ3v) is 0.403. The maximum absolute atomic E-state index is 5.12. The fourth-order valence-electron chi connectivity index (χ4n) is 0. The summed E-state index contributed by atoms with van der Waals surface area (Å²) < 4.78 is 0. The lowest BCUT2D eigenvalue weighted by atomic mass is 10.1. The van der Waals surface area contributed by atoms with Crippen molar-refractivity contribution in [3.05, 3.63) is 12.7 Å². The van der Waals surface area contributed by atoms with Crippen LogP contribution < -0.4 is 0 Å². The molecule has 0 spiro atoms. The standard InChI is InChI=1S/C3H4BCl/c1-2-3(4)5/h2-3H,1H2. The first-order valence-electron chi connectivity index (χ1n) is 1.29. The Balaban J connectivity index is 2.83. The van der Waals surface area contributed by atoms with Crippen LogP contribution in [0.1, 0.15) is 0 Å². The molecule has 1 unspecified atom stereocenters. The monoisotopic (exact) mass is 86.0 g/mol. The van der Waals surface area contributed by atoms with Crippen LogP contribution in [0, 0.1) is 0 Å². The molecule has 1 atom stereocenters. The molecule has 0 aromatic heterocycles. The van der Waals surface area contributed by atoms with Crippen molar-refractivity contribution in [3.8, 4) is 0 Å². The Hall–Kier alpha value is 0.0949. The van der Waals surface area contributed by atoms with Crippen molar-refractivity contribution in [2.45, 2.75) is 5.28 Å². The molecule has 0 aliphatic carbocycles. The first-order chi connectivity index (χ1) is 2.27. The summed E-state index contributed by atoms with van der Waals surface area (Å²) in [5, 5.41) is -0.380. The molecule has 26 valence electrons. The molecule has 0 amide bonds. The van der Waals surface area contributed by atoms with Crippen LogP contribution in [-0.4, -0.2) is 13.1 Å². The van der Waals surface area contributed by atoms with E-state index in [2.05, 4.69) is 6.58 Å². The van der Waals surface area contributed by atoms with Crippen molar-refractivity contribution < 1.29 is 0 Å². The van der Waals surface area contributed by atoms with E-state index in [1.165, 1.54) is 6.08 Å². The Morgan fingerprint density at radius 1 is 2.00 bits per heavy atom. The highest BCUT2D eigenvalue weighted by molar-refractivity contribution is 6.41. The molecule has 0 saturated heterocycles. The minimum atomic E-state index is -0.380. The van der Waals surface area contributed by atoms with E-state index in [1.54, 1.807) is 0 Å². The van der Waals surface area contributed by atoms with Gasteiger partial charge in [-0.1, -0.05) is 6.08 Å². The van der Waals surface area contributed by atoms with Crippen LogP contribution in [0.3, 0.4) is 0 Å². The number of hydrogen-bond acceptors (Lipinski definition) is 0. The largest absolute Gasteiger partial charge is 0.129 e. The Kier molecular flexibility index (Phi) is 2.38. The van der Waals surface area contributed by atoms with Gasteiger partial charge in [-0.3, -0.25) is 0 Å². The van der Waals surface area contributed by atoms with E-state index in [-0.39, 0.29) is 5.28 Å². The fraction of sp³-hybridized carbons (Fsp3) is 0.333. The molecule has 0 bridgehead atoms. The molecular weight excluding hydrogens is 82.3 g/mol. The van der Waals surface area contributed by atoms with Crippen LogP contribution in [-0.2, 0) is 0 Å². The summed E-state index contributed by atoms with van der Waals surface area (Å²) in [4.78, 5) is 0. The summed E-state index contributed by atoms with van der Waals surface area (Å²) >= 11 is 5.12. The van der Waals surface area contributed by atoms with Gasteiger partial charge in [0, 0.05) is 5.28 Å². The van der Waals surface area contributed by atoms with Gasteiger partial charge in [-0.15, -0.1) is 18.2 Å². The van der Waals surface area contributed by atoms with Gasteiger partial charge < -0.3 is 0 Å². The molecule has 0 rings (SSSR count). The number of alkyl halides is 1. The molecule has 2 heteroatoms. The zero-order valence-corrected chi connectivity index (χ0v) is 3.57. The van der Waals surface area contributed by atoms with Gasteiger partial charge in [-0.05, 0) is 0 Å². The van der Waals surface area contributed by atoms with Gasteiger partial charge in [-0.25, -0.2) is 0 Å². The topological polar surface area (TPSA) is 0 Å². The van der Waals surface area contributed by atoms with Gasteiger partial charge in [0.2, 0.25) is 0 Å². The van der Waals surface area contributed by atoms with Gasteiger partial charge in [-0.2, -0.15) is 0 Å². The molecule has 0 nitrogen and oxygen atoms in total. The van der Waals surface area contributed by atoms with E-state index >= 15 is 0 Å². The molecule has 0 heterocycles. The van der Waals surface area contributed by atoms with Crippen molar-refractivity contribution in [3.63, 3.8) is 0 Å². The molecule has 0 fully saturated rings. The SMILES string of the molecule is [B]C(Cl)C=C. The lowest BCUT2D eigenvalue weighted by Crippen LogP contribution is -1.85. The molecule has 0 aromatic rings. The van der Waals surface area contributed by atoms with E-state index in [4.69, 9.17) is 19.4 Å². The quantitative estimate of drug-likeness (QED) is 0.253. The molecule has 2 radical (unpaired) electrons. The predicted molar refractivity (Wildman–Crippen MR) is 25.6 cm³/mol. The summed E-state index contributed by atoms with van der Waals surface area (Å²) in [7, 11) is 4.94. The number of rotatable bonds is 1. The maximum Gasteiger partial charge on any atom is 0.0974 e. The summed E-state index contributed by atoms with van der Waals surface area (Å²) in [5.74, 6) is 0. The minimum Gasteiger partial charge on any atom is -0.129 e. The predicted octanol–water partition coefficient (Wildman–Crippen LogP) is 0.906. The van der Waals surface area contributed by atoms with Crippen LogP contribution in [0.4, 0.5) is 0 Å². The highest BCUT2D eigenvalue weighted by Gasteiger charge is 1.77.